The molecule has 1 fully saturated rings. The molecule has 0 spiro atoms. The quantitative estimate of drug-likeness (QED) is 0.713. The van der Waals surface area contributed by atoms with Crippen LogP contribution in [0.15, 0.2) is 54.6 Å². The van der Waals surface area contributed by atoms with Crippen molar-refractivity contribution in [2.24, 2.45) is 0 Å². The topological polar surface area (TPSA) is 64.7 Å². The van der Waals surface area contributed by atoms with E-state index in [1.54, 1.807) is 0 Å². The van der Waals surface area contributed by atoms with Gasteiger partial charge in [-0.3, -0.25) is 14.5 Å². The van der Waals surface area contributed by atoms with Crippen molar-refractivity contribution >= 4 is 29.1 Å². The molecular formula is C22H27ClN4O2. The number of piperazine rings is 1. The fourth-order valence-corrected chi connectivity index (χ4v) is 3.50. The molecule has 0 unspecified atom stereocenters. The average Bonchev–Trinajstić information content (AvgIpc) is 2.75. The molecule has 0 saturated carbocycles. The standard InChI is InChI=1S/C22H27ClN4O2/c1-17(18-5-3-2-4-6-18)25-22(29)21(28)24-11-12-26-13-15-27(16-14-26)20-9-7-19(23)8-10-20/h2-10,17H,11-16H2,1H3,(H,24,28)(H,25,29)/t17-/m1/s1. The van der Waals surface area contributed by atoms with Crippen LogP contribution in [-0.2, 0) is 9.59 Å². The van der Waals surface area contributed by atoms with Crippen LogP contribution in [0.4, 0.5) is 5.69 Å². The summed E-state index contributed by atoms with van der Waals surface area (Å²) in [7, 11) is 0. The largest absolute Gasteiger partial charge is 0.369 e. The van der Waals surface area contributed by atoms with E-state index in [2.05, 4.69) is 20.4 Å². The first-order chi connectivity index (χ1) is 14.0. The summed E-state index contributed by atoms with van der Waals surface area (Å²) in [5, 5.41) is 6.19. The molecule has 2 N–H and O–H groups in total. The van der Waals surface area contributed by atoms with Gasteiger partial charge in [-0.2, -0.15) is 0 Å². The molecule has 0 radical (unpaired) electrons. The van der Waals surface area contributed by atoms with Crippen LogP contribution in [0.5, 0.6) is 0 Å². The van der Waals surface area contributed by atoms with Crippen molar-refractivity contribution in [3.63, 3.8) is 0 Å². The second kappa shape index (κ2) is 10.3. The highest BCUT2D eigenvalue weighted by Crippen LogP contribution is 2.19. The Morgan fingerprint density at radius 3 is 2.28 bits per heavy atom. The van der Waals surface area contributed by atoms with Crippen LogP contribution in [0.2, 0.25) is 5.02 Å². The molecule has 7 heteroatoms. The van der Waals surface area contributed by atoms with Gasteiger partial charge in [0.15, 0.2) is 0 Å². The van der Waals surface area contributed by atoms with E-state index in [-0.39, 0.29) is 6.04 Å². The maximum Gasteiger partial charge on any atom is 0.309 e. The predicted octanol–water partition coefficient (Wildman–Crippen LogP) is 2.46. The smallest absolute Gasteiger partial charge is 0.309 e. The van der Waals surface area contributed by atoms with Crippen LogP contribution in [0, 0.1) is 0 Å². The number of hydrogen-bond donors (Lipinski definition) is 2. The van der Waals surface area contributed by atoms with E-state index in [4.69, 9.17) is 11.6 Å². The van der Waals surface area contributed by atoms with Gasteiger partial charge >= 0.3 is 11.8 Å². The van der Waals surface area contributed by atoms with Gasteiger partial charge in [0.1, 0.15) is 0 Å². The normalized spacial score (nSPS) is 15.6. The molecule has 2 aromatic rings. The van der Waals surface area contributed by atoms with Crippen LogP contribution in [-0.4, -0.2) is 56.0 Å². The number of rotatable bonds is 6. The van der Waals surface area contributed by atoms with Crippen molar-refractivity contribution in [2.75, 3.05) is 44.2 Å². The summed E-state index contributed by atoms with van der Waals surface area (Å²) in [6, 6.07) is 17.2. The number of amides is 2. The summed E-state index contributed by atoms with van der Waals surface area (Å²) in [5.74, 6) is -1.19. The van der Waals surface area contributed by atoms with Crippen molar-refractivity contribution in [3.05, 3.63) is 65.2 Å². The lowest BCUT2D eigenvalue weighted by atomic mass is 10.1. The van der Waals surface area contributed by atoms with Gasteiger partial charge in [-0.05, 0) is 36.8 Å². The summed E-state index contributed by atoms with van der Waals surface area (Å²) in [5.41, 5.74) is 2.14. The first-order valence-corrected chi connectivity index (χ1v) is 10.3. The Hall–Kier alpha value is -2.57. The highest BCUT2D eigenvalue weighted by Gasteiger charge is 2.19. The number of carbonyl (C=O) groups excluding carboxylic acids is 2. The van der Waals surface area contributed by atoms with Gasteiger partial charge in [0.2, 0.25) is 0 Å². The SMILES string of the molecule is C[C@@H](NC(=O)C(=O)NCCN1CCN(c2ccc(Cl)cc2)CC1)c1ccccc1. The van der Waals surface area contributed by atoms with E-state index in [9.17, 15) is 9.59 Å². The third kappa shape index (κ3) is 6.21. The molecule has 154 valence electrons. The third-order valence-electron chi connectivity index (χ3n) is 5.13. The molecule has 1 aliphatic heterocycles. The van der Waals surface area contributed by atoms with Gasteiger partial charge < -0.3 is 15.5 Å². The lowest BCUT2D eigenvalue weighted by Crippen LogP contribution is -2.49. The van der Waals surface area contributed by atoms with Crippen LogP contribution < -0.4 is 15.5 Å². The minimum Gasteiger partial charge on any atom is -0.369 e. The Kier molecular flexibility index (Phi) is 7.49. The van der Waals surface area contributed by atoms with E-state index >= 15 is 0 Å². The fraction of sp³-hybridized carbons (Fsp3) is 0.364. The molecule has 3 rings (SSSR count). The van der Waals surface area contributed by atoms with Crippen molar-refractivity contribution in [1.82, 2.24) is 15.5 Å². The number of anilines is 1. The highest BCUT2D eigenvalue weighted by atomic mass is 35.5. The Morgan fingerprint density at radius 2 is 1.62 bits per heavy atom. The van der Waals surface area contributed by atoms with Crippen molar-refractivity contribution < 1.29 is 9.59 Å². The van der Waals surface area contributed by atoms with E-state index in [0.717, 1.165) is 43.3 Å². The molecular weight excluding hydrogens is 388 g/mol. The van der Waals surface area contributed by atoms with Crippen LogP contribution >= 0.6 is 11.6 Å². The molecule has 1 saturated heterocycles. The first-order valence-electron chi connectivity index (χ1n) is 9.89. The van der Waals surface area contributed by atoms with Gasteiger partial charge in [0, 0.05) is 50.0 Å². The minimum absolute atomic E-state index is 0.213. The van der Waals surface area contributed by atoms with Gasteiger partial charge in [-0.1, -0.05) is 41.9 Å². The monoisotopic (exact) mass is 414 g/mol. The zero-order valence-corrected chi connectivity index (χ0v) is 17.4. The summed E-state index contributed by atoms with van der Waals surface area (Å²) in [4.78, 5) is 28.7. The van der Waals surface area contributed by atoms with Crippen molar-refractivity contribution in [2.45, 2.75) is 13.0 Å². The Bertz CT molecular complexity index is 805. The second-order valence-electron chi connectivity index (χ2n) is 7.17. The van der Waals surface area contributed by atoms with Crippen LogP contribution in [0.1, 0.15) is 18.5 Å². The maximum absolute atomic E-state index is 12.1. The molecule has 6 nitrogen and oxygen atoms in total. The van der Waals surface area contributed by atoms with Gasteiger partial charge in [-0.25, -0.2) is 0 Å². The molecule has 0 aromatic heterocycles. The van der Waals surface area contributed by atoms with E-state index in [1.807, 2.05) is 61.5 Å². The molecule has 2 aromatic carbocycles. The molecule has 1 atom stereocenters. The van der Waals surface area contributed by atoms with E-state index in [1.165, 1.54) is 5.69 Å². The molecule has 0 bridgehead atoms. The second-order valence-corrected chi connectivity index (χ2v) is 7.60. The summed E-state index contributed by atoms with van der Waals surface area (Å²) >= 11 is 5.95. The maximum atomic E-state index is 12.1. The Balaban J connectivity index is 1.35. The van der Waals surface area contributed by atoms with Gasteiger partial charge in [0.05, 0.1) is 6.04 Å². The van der Waals surface area contributed by atoms with E-state index in [0.29, 0.717) is 6.54 Å². The van der Waals surface area contributed by atoms with Gasteiger partial charge in [0.25, 0.3) is 0 Å². The van der Waals surface area contributed by atoms with Crippen LogP contribution in [0.25, 0.3) is 0 Å². The highest BCUT2D eigenvalue weighted by molar-refractivity contribution is 6.35. The zero-order chi connectivity index (χ0) is 20.6. The summed E-state index contributed by atoms with van der Waals surface area (Å²) in [6.45, 7) is 6.70. The minimum atomic E-state index is -0.603. The van der Waals surface area contributed by atoms with Gasteiger partial charge in [-0.15, -0.1) is 0 Å². The lowest BCUT2D eigenvalue weighted by molar-refractivity contribution is -0.139. The number of hydrogen-bond acceptors (Lipinski definition) is 4. The number of nitrogens with one attached hydrogen (secondary N) is 2. The number of halogens is 1. The number of carbonyl (C=O) groups is 2. The van der Waals surface area contributed by atoms with Crippen molar-refractivity contribution in [3.8, 4) is 0 Å². The summed E-state index contributed by atoms with van der Waals surface area (Å²) in [6.07, 6.45) is 0. The molecule has 1 heterocycles. The summed E-state index contributed by atoms with van der Waals surface area (Å²) < 4.78 is 0. The number of nitrogens with zero attached hydrogens (tertiary/aromatic N) is 2. The average molecular weight is 415 g/mol. The Labute approximate surface area is 176 Å². The zero-order valence-electron chi connectivity index (χ0n) is 16.6. The van der Waals surface area contributed by atoms with E-state index < -0.39 is 11.8 Å². The third-order valence-corrected chi connectivity index (χ3v) is 5.38. The predicted molar refractivity (Wildman–Crippen MR) is 116 cm³/mol. The molecule has 0 aliphatic carbocycles. The molecule has 1 aliphatic rings. The number of benzene rings is 2. The molecule has 2 amide bonds. The Morgan fingerprint density at radius 1 is 0.966 bits per heavy atom. The first kappa shape index (κ1) is 21.1. The lowest BCUT2D eigenvalue weighted by Gasteiger charge is -2.36. The fourth-order valence-electron chi connectivity index (χ4n) is 3.38. The van der Waals surface area contributed by atoms with Crippen molar-refractivity contribution in [1.29, 1.82) is 0 Å². The molecule has 29 heavy (non-hydrogen) atoms. The van der Waals surface area contributed by atoms with Crippen LogP contribution in [0.3, 0.4) is 0 Å².